The van der Waals surface area contributed by atoms with E-state index < -0.39 is 0 Å². The van der Waals surface area contributed by atoms with E-state index in [0.717, 1.165) is 33.4 Å². The topological polar surface area (TPSA) is 38.7 Å². The molecule has 0 fully saturated rings. The number of nitrogens with zero attached hydrogens (tertiary/aromatic N) is 3. The van der Waals surface area contributed by atoms with Crippen molar-refractivity contribution in [2.75, 3.05) is 0 Å². The summed E-state index contributed by atoms with van der Waals surface area (Å²) >= 11 is 0. The van der Waals surface area contributed by atoms with E-state index >= 15 is 0 Å². The average Bonchev–Trinajstić information content (AvgIpc) is 3.24. The van der Waals surface area contributed by atoms with Crippen molar-refractivity contribution in [3.63, 3.8) is 0 Å². The van der Waals surface area contributed by atoms with Crippen LogP contribution in [-0.4, -0.2) is 15.0 Å². The SMILES string of the molecule is c1ccc(-c2nc(-c3ccccc3)nc(-c3cccc(-c4cccc(-c5cccc(-c6cccc7ccccc67)c5)c4-c4ccccc4)c3)n2)cc1. The van der Waals surface area contributed by atoms with Gasteiger partial charge in [-0.3, -0.25) is 0 Å². The first kappa shape index (κ1) is 31.0. The average molecular weight is 664 g/mol. The van der Waals surface area contributed by atoms with Gasteiger partial charge in [-0.05, 0) is 67.4 Å². The molecule has 1 heterocycles. The number of benzene rings is 8. The third kappa shape index (κ3) is 6.06. The van der Waals surface area contributed by atoms with Gasteiger partial charge in [-0.2, -0.15) is 0 Å². The van der Waals surface area contributed by atoms with Crippen LogP contribution in [0.2, 0.25) is 0 Å². The molecule has 9 rings (SSSR count). The van der Waals surface area contributed by atoms with E-state index in [1.807, 2.05) is 60.7 Å². The van der Waals surface area contributed by atoms with Crippen LogP contribution < -0.4 is 0 Å². The molecule has 0 saturated carbocycles. The zero-order valence-electron chi connectivity index (χ0n) is 28.4. The van der Waals surface area contributed by atoms with Crippen LogP contribution in [0, 0.1) is 0 Å². The third-order valence-electron chi connectivity index (χ3n) is 9.53. The van der Waals surface area contributed by atoms with E-state index in [4.69, 9.17) is 15.0 Å². The Balaban J connectivity index is 1.20. The van der Waals surface area contributed by atoms with Crippen molar-refractivity contribution >= 4 is 10.8 Å². The quantitative estimate of drug-likeness (QED) is 0.170. The van der Waals surface area contributed by atoms with Crippen molar-refractivity contribution in [1.82, 2.24) is 15.0 Å². The van der Waals surface area contributed by atoms with Crippen molar-refractivity contribution < 1.29 is 0 Å². The van der Waals surface area contributed by atoms with Gasteiger partial charge in [-0.25, -0.2) is 15.0 Å². The molecule has 0 amide bonds. The highest BCUT2D eigenvalue weighted by atomic mass is 15.0. The molecule has 244 valence electrons. The Bertz CT molecular complexity index is 2610. The summed E-state index contributed by atoms with van der Waals surface area (Å²) in [7, 11) is 0. The molecule has 0 atom stereocenters. The van der Waals surface area contributed by atoms with Gasteiger partial charge in [0.25, 0.3) is 0 Å². The number of rotatable bonds is 7. The molecule has 0 N–H and O–H groups in total. The minimum Gasteiger partial charge on any atom is -0.208 e. The van der Waals surface area contributed by atoms with Gasteiger partial charge in [0.1, 0.15) is 0 Å². The summed E-state index contributed by atoms with van der Waals surface area (Å²) in [6, 6.07) is 70.2. The molecule has 0 unspecified atom stereocenters. The number of hydrogen-bond acceptors (Lipinski definition) is 3. The Morgan fingerprint density at radius 1 is 0.250 bits per heavy atom. The first-order valence-electron chi connectivity index (χ1n) is 17.5. The summed E-state index contributed by atoms with van der Waals surface area (Å²) in [5, 5.41) is 2.49. The molecule has 3 heteroatoms. The molecule has 0 bridgehead atoms. The predicted molar refractivity (Wildman–Crippen MR) is 215 cm³/mol. The second-order valence-corrected chi connectivity index (χ2v) is 12.8. The fourth-order valence-corrected chi connectivity index (χ4v) is 7.04. The third-order valence-corrected chi connectivity index (χ3v) is 9.53. The lowest BCUT2D eigenvalue weighted by Crippen LogP contribution is -2.00. The van der Waals surface area contributed by atoms with Crippen molar-refractivity contribution in [2.24, 2.45) is 0 Å². The molecule has 0 aliphatic carbocycles. The molecule has 0 saturated heterocycles. The first-order valence-corrected chi connectivity index (χ1v) is 17.5. The van der Waals surface area contributed by atoms with E-state index in [1.54, 1.807) is 0 Å². The zero-order chi connectivity index (χ0) is 34.7. The molecule has 3 nitrogen and oxygen atoms in total. The normalized spacial score (nSPS) is 11.1. The predicted octanol–water partition coefficient (Wildman–Crippen LogP) is 12.7. The number of aromatic nitrogens is 3. The van der Waals surface area contributed by atoms with Gasteiger partial charge in [0.05, 0.1) is 0 Å². The van der Waals surface area contributed by atoms with Crippen LogP contribution in [0.25, 0.3) is 89.4 Å². The molecule has 0 radical (unpaired) electrons. The van der Waals surface area contributed by atoms with Gasteiger partial charge in [0, 0.05) is 16.7 Å². The summed E-state index contributed by atoms with van der Waals surface area (Å²) in [4.78, 5) is 14.9. The minimum atomic E-state index is 0.634. The highest BCUT2D eigenvalue weighted by Gasteiger charge is 2.17. The fraction of sp³-hybridized carbons (Fsp3) is 0. The number of fused-ring (bicyclic) bond motifs is 1. The summed E-state index contributed by atoms with van der Waals surface area (Å²) in [6.45, 7) is 0. The molecule has 52 heavy (non-hydrogen) atoms. The minimum absolute atomic E-state index is 0.634. The largest absolute Gasteiger partial charge is 0.208 e. The first-order chi connectivity index (χ1) is 25.8. The molecule has 0 aliphatic rings. The standard InChI is InChI=1S/C49H33N3/c1-4-17-35(18-5-1)46-44(39-25-12-24-38(32-39)43-29-14-23-34-16-10-11-28-42(34)43)30-15-31-45(46)40-26-13-27-41(33-40)49-51-47(36-19-6-2-7-20-36)50-48(52-49)37-21-8-3-9-22-37/h1-33H. The monoisotopic (exact) mass is 663 g/mol. The Labute approximate surface area is 303 Å². The van der Waals surface area contributed by atoms with Gasteiger partial charge in [-0.1, -0.05) is 188 Å². The molecule has 1 aromatic heterocycles. The Kier molecular flexibility index (Phi) is 8.20. The van der Waals surface area contributed by atoms with Gasteiger partial charge >= 0.3 is 0 Å². The van der Waals surface area contributed by atoms with Crippen molar-refractivity contribution in [3.8, 4) is 78.7 Å². The van der Waals surface area contributed by atoms with Crippen LogP contribution in [0.3, 0.4) is 0 Å². The van der Waals surface area contributed by atoms with E-state index in [0.29, 0.717) is 17.5 Å². The molecular formula is C49H33N3. The van der Waals surface area contributed by atoms with Gasteiger partial charge < -0.3 is 0 Å². The smallest absolute Gasteiger partial charge is 0.164 e. The molecule has 0 aliphatic heterocycles. The van der Waals surface area contributed by atoms with E-state index in [1.165, 1.54) is 38.6 Å². The van der Waals surface area contributed by atoms with Crippen LogP contribution in [0.4, 0.5) is 0 Å². The Morgan fingerprint density at radius 2 is 0.615 bits per heavy atom. The van der Waals surface area contributed by atoms with Crippen molar-refractivity contribution in [2.45, 2.75) is 0 Å². The fourth-order valence-electron chi connectivity index (χ4n) is 7.04. The molecule has 9 aromatic rings. The lowest BCUT2D eigenvalue weighted by molar-refractivity contribution is 1.07. The lowest BCUT2D eigenvalue weighted by atomic mass is 9.86. The summed E-state index contributed by atoms with van der Waals surface area (Å²) < 4.78 is 0. The van der Waals surface area contributed by atoms with Crippen LogP contribution >= 0.6 is 0 Å². The van der Waals surface area contributed by atoms with Gasteiger partial charge in [0.2, 0.25) is 0 Å². The Hall–Kier alpha value is -6.97. The van der Waals surface area contributed by atoms with Crippen LogP contribution in [-0.2, 0) is 0 Å². The van der Waals surface area contributed by atoms with E-state index in [-0.39, 0.29) is 0 Å². The maximum absolute atomic E-state index is 5.02. The summed E-state index contributed by atoms with van der Waals surface area (Å²) in [5.41, 5.74) is 12.2. The zero-order valence-corrected chi connectivity index (χ0v) is 28.4. The molecule has 0 spiro atoms. The molecular weight excluding hydrogens is 631 g/mol. The van der Waals surface area contributed by atoms with E-state index in [9.17, 15) is 0 Å². The highest BCUT2D eigenvalue weighted by Crippen LogP contribution is 2.42. The lowest BCUT2D eigenvalue weighted by Gasteiger charge is -2.18. The van der Waals surface area contributed by atoms with E-state index in [2.05, 4.69) is 140 Å². The van der Waals surface area contributed by atoms with Gasteiger partial charge in [0.15, 0.2) is 17.5 Å². The van der Waals surface area contributed by atoms with Gasteiger partial charge in [-0.15, -0.1) is 0 Å². The van der Waals surface area contributed by atoms with Crippen LogP contribution in [0.15, 0.2) is 200 Å². The second-order valence-electron chi connectivity index (χ2n) is 12.8. The summed E-state index contributed by atoms with van der Waals surface area (Å²) in [5.74, 6) is 1.93. The van der Waals surface area contributed by atoms with Crippen molar-refractivity contribution in [1.29, 1.82) is 0 Å². The summed E-state index contributed by atoms with van der Waals surface area (Å²) in [6.07, 6.45) is 0. The molecule has 8 aromatic carbocycles. The number of hydrogen-bond donors (Lipinski definition) is 0. The maximum Gasteiger partial charge on any atom is 0.164 e. The van der Waals surface area contributed by atoms with Crippen molar-refractivity contribution in [3.05, 3.63) is 200 Å². The van der Waals surface area contributed by atoms with Crippen LogP contribution in [0.1, 0.15) is 0 Å². The van der Waals surface area contributed by atoms with Crippen LogP contribution in [0.5, 0.6) is 0 Å². The highest BCUT2D eigenvalue weighted by molar-refractivity contribution is 5.99. The Morgan fingerprint density at radius 3 is 1.21 bits per heavy atom. The second kappa shape index (κ2) is 13.7. The maximum atomic E-state index is 5.02.